The third-order valence-corrected chi connectivity index (χ3v) is 8.64. The molecule has 9 atom stereocenters. The van der Waals surface area contributed by atoms with E-state index in [2.05, 4.69) is 13.2 Å². The van der Waals surface area contributed by atoms with Gasteiger partial charge in [0.15, 0.2) is 6.29 Å². The Hall–Kier alpha value is -2.34. The first-order valence-corrected chi connectivity index (χ1v) is 20.0. The molecule has 1 aliphatic heterocycles. The fourth-order valence-corrected chi connectivity index (χ4v) is 5.69. The van der Waals surface area contributed by atoms with E-state index in [1.807, 2.05) is 0 Å². The van der Waals surface area contributed by atoms with Gasteiger partial charge in [0.1, 0.15) is 49.3 Å². The summed E-state index contributed by atoms with van der Waals surface area (Å²) in [5.41, 5.74) is -1.62. The number of esters is 2. The highest BCUT2D eigenvalue weighted by Gasteiger charge is 2.39. The maximum Gasteiger partial charge on any atom is 0.330 e. The summed E-state index contributed by atoms with van der Waals surface area (Å²) in [6.45, 7) is 2.44. The summed E-state index contributed by atoms with van der Waals surface area (Å²) >= 11 is 0. The van der Waals surface area contributed by atoms with Crippen LogP contribution in [0.3, 0.4) is 0 Å². The van der Waals surface area contributed by atoms with Crippen molar-refractivity contribution in [2.75, 3.05) is 145 Å². The smallest absolute Gasteiger partial charge is 0.330 e. The molecule has 0 aromatic carbocycles. The molecule has 1 fully saturated rings. The number of aliphatic hydroxyl groups is 10. The van der Waals surface area contributed by atoms with Crippen LogP contribution in [0.2, 0.25) is 0 Å². The highest BCUT2D eigenvalue weighted by molar-refractivity contribution is 5.81. The first-order valence-electron chi connectivity index (χ1n) is 20.0. The largest absolute Gasteiger partial charge is 0.460 e. The molecular formula is C38H70N2O21. The van der Waals surface area contributed by atoms with Gasteiger partial charge in [0.25, 0.3) is 0 Å². The number of ether oxygens (including phenoxy) is 9. The van der Waals surface area contributed by atoms with Crippen LogP contribution in [0.1, 0.15) is 6.42 Å². The Labute approximate surface area is 356 Å². The van der Waals surface area contributed by atoms with Gasteiger partial charge in [-0.05, 0) is 0 Å². The molecule has 0 aromatic rings. The van der Waals surface area contributed by atoms with Crippen LogP contribution in [0, 0.1) is 0 Å². The maximum absolute atomic E-state index is 11.6. The van der Waals surface area contributed by atoms with Gasteiger partial charge in [0.05, 0.1) is 105 Å². The molecular weight excluding hydrogens is 820 g/mol. The second-order valence-electron chi connectivity index (χ2n) is 14.3. The van der Waals surface area contributed by atoms with Crippen molar-refractivity contribution in [3.8, 4) is 0 Å². The van der Waals surface area contributed by atoms with Crippen LogP contribution in [0.5, 0.6) is 0 Å². The van der Waals surface area contributed by atoms with Crippen LogP contribution in [0.25, 0.3) is 0 Å². The Balaban J connectivity index is 3.16. The van der Waals surface area contributed by atoms with Crippen molar-refractivity contribution in [3.63, 3.8) is 0 Å². The SMILES string of the molecule is C=CC(=O)OCC(O)COC(COCC(O)CN(CCO)CCO)COCC(O)CC1(OCC(O)COC(=O)C=C)COCC(O)COC(C(O)CN(CCO)CCO)OC1. The number of carbonyl (C=O) groups is 2. The van der Waals surface area contributed by atoms with Crippen molar-refractivity contribution < 1.29 is 103 Å². The van der Waals surface area contributed by atoms with Crippen molar-refractivity contribution >= 4 is 11.9 Å². The Bertz CT molecular complexity index is 1150. The average molecular weight is 891 g/mol. The zero-order valence-electron chi connectivity index (χ0n) is 34.8. The van der Waals surface area contributed by atoms with Gasteiger partial charge in [-0.3, -0.25) is 9.80 Å². The van der Waals surface area contributed by atoms with E-state index in [0.717, 1.165) is 12.2 Å². The minimum atomic E-state index is -1.62. The van der Waals surface area contributed by atoms with E-state index in [4.69, 9.17) is 42.6 Å². The van der Waals surface area contributed by atoms with Crippen LogP contribution in [0.4, 0.5) is 0 Å². The van der Waals surface area contributed by atoms with E-state index in [9.17, 15) is 60.7 Å². The summed E-state index contributed by atoms with van der Waals surface area (Å²) in [4.78, 5) is 26.2. The molecule has 1 heterocycles. The average Bonchev–Trinajstić information content (AvgIpc) is 3.22. The first kappa shape index (κ1) is 56.7. The fourth-order valence-electron chi connectivity index (χ4n) is 5.69. The number of nitrogens with zero attached hydrogens (tertiary/aromatic N) is 2. The molecule has 61 heavy (non-hydrogen) atoms. The van der Waals surface area contributed by atoms with E-state index in [1.54, 1.807) is 9.80 Å². The predicted molar refractivity (Wildman–Crippen MR) is 211 cm³/mol. The third-order valence-electron chi connectivity index (χ3n) is 8.64. The molecule has 9 unspecified atom stereocenters. The van der Waals surface area contributed by atoms with Gasteiger partial charge < -0.3 is 93.7 Å². The monoisotopic (exact) mass is 890 g/mol. The molecule has 0 aliphatic carbocycles. The van der Waals surface area contributed by atoms with E-state index < -0.39 is 93.0 Å². The van der Waals surface area contributed by atoms with Gasteiger partial charge in [-0.25, -0.2) is 9.59 Å². The minimum absolute atomic E-state index is 0.0909. The summed E-state index contributed by atoms with van der Waals surface area (Å²) in [5.74, 6) is -1.54. The second kappa shape index (κ2) is 34.1. The van der Waals surface area contributed by atoms with Crippen molar-refractivity contribution in [2.24, 2.45) is 0 Å². The normalized spacial score (nSPS) is 21.9. The highest BCUT2D eigenvalue weighted by Crippen LogP contribution is 2.24. The Morgan fingerprint density at radius 3 is 1.72 bits per heavy atom. The third kappa shape index (κ3) is 26.8. The predicted octanol–water partition coefficient (Wildman–Crippen LogP) is -5.86. The zero-order valence-corrected chi connectivity index (χ0v) is 34.8. The lowest BCUT2D eigenvalue weighted by Gasteiger charge is -2.39. The molecule has 0 saturated carbocycles. The summed E-state index contributed by atoms with van der Waals surface area (Å²) in [6, 6.07) is 0. The van der Waals surface area contributed by atoms with Gasteiger partial charge in [-0.15, -0.1) is 0 Å². The molecule has 23 heteroatoms. The van der Waals surface area contributed by atoms with E-state index in [1.165, 1.54) is 0 Å². The van der Waals surface area contributed by atoms with Crippen LogP contribution < -0.4 is 0 Å². The summed E-state index contributed by atoms with van der Waals surface area (Å²) in [7, 11) is 0. The van der Waals surface area contributed by atoms with E-state index >= 15 is 0 Å². The molecule has 1 saturated heterocycles. The first-order chi connectivity index (χ1) is 29.2. The van der Waals surface area contributed by atoms with Crippen molar-refractivity contribution in [1.82, 2.24) is 9.80 Å². The topological polar surface area (TPSA) is 326 Å². The lowest BCUT2D eigenvalue weighted by atomic mass is 9.97. The molecule has 1 aliphatic rings. The zero-order chi connectivity index (χ0) is 45.5. The molecule has 0 bridgehead atoms. The van der Waals surface area contributed by atoms with E-state index in [-0.39, 0.29) is 125 Å². The Morgan fingerprint density at radius 2 is 1.18 bits per heavy atom. The number of aliphatic hydroxyl groups excluding tert-OH is 10. The number of rotatable bonds is 35. The van der Waals surface area contributed by atoms with Gasteiger partial charge in [-0.2, -0.15) is 0 Å². The van der Waals surface area contributed by atoms with E-state index in [0.29, 0.717) is 0 Å². The molecule has 23 nitrogen and oxygen atoms in total. The highest BCUT2D eigenvalue weighted by atomic mass is 16.7. The Morgan fingerprint density at radius 1 is 0.656 bits per heavy atom. The van der Waals surface area contributed by atoms with Crippen molar-refractivity contribution in [3.05, 3.63) is 25.3 Å². The fraction of sp³-hybridized carbons (Fsp3) is 0.842. The standard InChI is InChI=1S/C38H70N2O21/c1-3-35(51)57-20-31(48)19-56-33(25-54-17-29(46)14-39(5-9-41)6-10-42)24-53-16-28(45)13-38(61-23-32(49)21-58-36(52)4-2)26-55-18-30(47)22-59-37(60-27-38)34(50)15-40(7-11-43)8-12-44/h3-4,28-34,37,41-50H,1-2,5-27H2. The van der Waals surface area contributed by atoms with Gasteiger partial charge in [0.2, 0.25) is 0 Å². The molecule has 0 radical (unpaired) electrons. The molecule has 0 amide bonds. The van der Waals surface area contributed by atoms with Crippen LogP contribution in [0.15, 0.2) is 25.3 Å². The van der Waals surface area contributed by atoms with Gasteiger partial charge in [-0.1, -0.05) is 13.2 Å². The van der Waals surface area contributed by atoms with Gasteiger partial charge in [0, 0.05) is 57.8 Å². The maximum atomic E-state index is 11.6. The Kier molecular flexibility index (Phi) is 31.7. The van der Waals surface area contributed by atoms with Crippen LogP contribution in [-0.4, -0.2) is 272 Å². The van der Waals surface area contributed by atoms with Gasteiger partial charge >= 0.3 is 11.9 Å². The summed E-state index contributed by atoms with van der Waals surface area (Å²) in [5, 5.41) is 102. The lowest BCUT2D eigenvalue weighted by Crippen LogP contribution is -2.52. The molecule has 358 valence electrons. The summed E-state index contributed by atoms with van der Waals surface area (Å²) < 4.78 is 50.4. The van der Waals surface area contributed by atoms with Crippen molar-refractivity contribution in [2.45, 2.75) is 61.0 Å². The number of hydrogen-bond acceptors (Lipinski definition) is 23. The molecule has 10 N–H and O–H groups in total. The summed E-state index contributed by atoms with van der Waals surface area (Å²) in [6.07, 6.45) is -8.26. The quantitative estimate of drug-likeness (QED) is 0.0209. The van der Waals surface area contributed by atoms with Crippen LogP contribution in [-0.2, 0) is 52.2 Å². The molecule has 0 spiro atoms. The molecule has 1 rings (SSSR count). The van der Waals surface area contributed by atoms with Crippen LogP contribution >= 0.6 is 0 Å². The lowest BCUT2D eigenvalue weighted by molar-refractivity contribution is -0.257. The van der Waals surface area contributed by atoms with Crippen molar-refractivity contribution in [1.29, 1.82) is 0 Å². The molecule has 0 aromatic heterocycles. The second-order valence-corrected chi connectivity index (χ2v) is 14.3. The number of hydrogen-bond donors (Lipinski definition) is 10. The number of carbonyl (C=O) groups excluding carboxylic acids is 2. The minimum Gasteiger partial charge on any atom is -0.460 e.